The minimum atomic E-state index is -0.286. The van der Waals surface area contributed by atoms with E-state index in [-0.39, 0.29) is 11.7 Å². The number of furan rings is 1. The third-order valence-electron chi connectivity index (χ3n) is 3.61. The minimum absolute atomic E-state index is 0.282. The van der Waals surface area contributed by atoms with Crippen molar-refractivity contribution in [2.24, 2.45) is 16.9 Å². The summed E-state index contributed by atoms with van der Waals surface area (Å²) in [6.45, 7) is 0. The van der Waals surface area contributed by atoms with Gasteiger partial charge in [-0.2, -0.15) is 5.10 Å². The monoisotopic (exact) mass is 296 g/mol. The number of nitrogens with one attached hydrogen (secondary N) is 1. The van der Waals surface area contributed by atoms with Crippen molar-refractivity contribution in [1.82, 2.24) is 5.43 Å². The Morgan fingerprint density at radius 2 is 2.35 bits per heavy atom. The van der Waals surface area contributed by atoms with Crippen molar-refractivity contribution < 1.29 is 9.21 Å². The molecule has 2 aliphatic rings. The van der Waals surface area contributed by atoms with E-state index in [2.05, 4.69) is 26.5 Å². The Morgan fingerprint density at radius 1 is 1.47 bits per heavy atom. The molecule has 0 unspecified atom stereocenters. The second-order valence-electron chi connectivity index (χ2n) is 4.73. The maximum atomic E-state index is 11.7. The van der Waals surface area contributed by atoms with Crippen LogP contribution >= 0.6 is 15.9 Å². The van der Waals surface area contributed by atoms with Gasteiger partial charge in [0.25, 0.3) is 0 Å². The molecule has 0 saturated heterocycles. The Hall–Kier alpha value is -1.10. The first kappa shape index (κ1) is 11.0. The zero-order valence-corrected chi connectivity index (χ0v) is 10.9. The first-order valence-electron chi connectivity index (χ1n) is 5.84. The van der Waals surface area contributed by atoms with Crippen molar-refractivity contribution in [3.05, 3.63) is 22.6 Å². The summed E-state index contributed by atoms with van der Waals surface area (Å²) in [7, 11) is 0. The third kappa shape index (κ3) is 2.16. The Bertz CT molecular complexity index is 481. The van der Waals surface area contributed by atoms with Crippen molar-refractivity contribution in [3.8, 4) is 0 Å². The fourth-order valence-electron chi connectivity index (χ4n) is 2.78. The Balaban J connectivity index is 1.64. The topological polar surface area (TPSA) is 54.6 Å². The number of amides is 1. The molecular formula is C12H13BrN2O2. The van der Waals surface area contributed by atoms with Gasteiger partial charge >= 0.3 is 5.91 Å². The molecule has 1 aromatic heterocycles. The lowest BCUT2D eigenvalue weighted by molar-refractivity contribution is 0.0925. The number of carbonyl (C=O) groups is 1. The molecule has 2 atom stereocenters. The number of rotatable bonds is 2. The summed E-state index contributed by atoms with van der Waals surface area (Å²) in [5.74, 6) is 1.40. The van der Waals surface area contributed by atoms with Crippen LogP contribution in [-0.2, 0) is 0 Å². The average Bonchev–Trinajstić information content (AvgIpc) is 3.01. The van der Waals surface area contributed by atoms with Crippen LogP contribution in [-0.4, -0.2) is 11.6 Å². The molecule has 17 heavy (non-hydrogen) atoms. The van der Waals surface area contributed by atoms with Crippen LogP contribution in [0.3, 0.4) is 0 Å². The fraction of sp³-hybridized carbons (Fsp3) is 0.500. The van der Waals surface area contributed by atoms with E-state index in [1.54, 1.807) is 12.1 Å². The molecular weight excluding hydrogens is 284 g/mol. The Kier molecular flexibility index (Phi) is 2.78. The lowest BCUT2D eigenvalue weighted by Crippen LogP contribution is -2.21. The first-order chi connectivity index (χ1) is 8.22. The highest BCUT2D eigenvalue weighted by molar-refractivity contribution is 9.10. The van der Waals surface area contributed by atoms with E-state index in [9.17, 15) is 4.79 Å². The summed E-state index contributed by atoms with van der Waals surface area (Å²) < 4.78 is 5.71. The van der Waals surface area contributed by atoms with Gasteiger partial charge in [0, 0.05) is 5.71 Å². The van der Waals surface area contributed by atoms with Crippen LogP contribution < -0.4 is 5.43 Å². The van der Waals surface area contributed by atoms with Gasteiger partial charge in [0.1, 0.15) is 0 Å². The smallest absolute Gasteiger partial charge is 0.307 e. The number of hydrogen-bond donors (Lipinski definition) is 1. The summed E-state index contributed by atoms with van der Waals surface area (Å²) in [5.41, 5.74) is 3.73. The summed E-state index contributed by atoms with van der Waals surface area (Å²) in [6.07, 6.45) is 4.85. The van der Waals surface area contributed by atoms with Gasteiger partial charge in [-0.05, 0) is 65.6 Å². The average molecular weight is 297 g/mol. The van der Waals surface area contributed by atoms with Crippen LogP contribution in [0.4, 0.5) is 0 Å². The van der Waals surface area contributed by atoms with Gasteiger partial charge < -0.3 is 4.42 Å². The van der Waals surface area contributed by atoms with Crippen LogP contribution in [0.15, 0.2) is 26.3 Å². The van der Waals surface area contributed by atoms with E-state index in [0.29, 0.717) is 10.6 Å². The molecule has 0 spiro atoms. The first-order valence-corrected chi connectivity index (χ1v) is 6.64. The quantitative estimate of drug-likeness (QED) is 0.853. The van der Waals surface area contributed by atoms with Crippen molar-refractivity contribution in [1.29, 1.82) is 0 Å². The summed E-state index contributed by atoms with van der Waals surface area (Å²) >= 11 is 3.16. The number of hydrazone groups is 1. The van der Waals surface area contributed by atoms with Gasteiger partial charge in [0.05, 0.1) is 0 Å². The van der Waals surface area contributed by atoms with E-state index >= 15 is 0 Å². The molecule has 90 valence electrons. The van der Waals surface area contributed by atoms with Gasteiger partial charge in [-0.25, -0.2) is 5.43 Å². The van der Waals surface area contributed by atoms with Crippen molar-refractivity contribution in [3.63, 3.8) is 0 Å². The molecule has 0 aliphatic heterocycles. The highest BCUT2D eigenvalue weighted by Gasteiger charge is 2.36. The number of nitrogens with zero attached hydrogens (tertiary/aromatic N) is 1. The van der Waals surface area contributed by atoms with Crippen molar-refractivity contribution in [2.75, 3.05) is 0 Å². The van der Waals surface area contributed by atoms with Crippen LogP contribution in [0.1, 0.15) is 36.2 Å². The maximum absolute atomic E-state index is 11.7. The standard InChI is InChI=1S/C12H13BrN2O2/c13-11-4-3-10(17-11)12(16)15-14-9-6-7-1-2-8(9)5-7/h3-4,7-8H,1-2,5-6H2,(H,15,16)/b14-9+/t7-,8+/m0/s1. The second kappa shape index (κ2) is 4.29. The normalized spacial score (nSPS) is 28.9. The highest BCUT2D eigenvalue weighted by atomic mass is 79.9. The van der Waals surface area contributed by atoms with E-state index in [1.165, 1.54) is 19.3 Å². The van der Waals surface area contributed by atoms with Gasteiger partial charge in [-0.1, -0.05) is 0 Å². The predicted octanol–water partition coefficient (Wildman–Crippen LogP) is 2.95. The zero-order valence-electron chi connectivity index (χ0n) is 9.28. The number of fused-ring (bicyclic) bond motifs is 2. The lowest BCUT2D eigenvalue weighted by atomic mass is 9.99. The third-order valence-corrected chi connectivity index (χ3v) is 4.03. The molecule has 3 rings (SSSR count). The van der Waals surface area contributed by atoms with Gasteiger partial charge in [0.15, 0.2) is 10.4 Å². The van der Waals surface area contributed by atoms with Crippen LogP contribution in [0, 0.1) is 11.8 Å². The molecule has 2 saturated carbocycles. The van der Waals surface area contributed by atoms with E-state index in [0.717, 1.165) is 18.1 Å². The Labute approximate surface area is 108 Å². The predicted molar refractivity (Wildman–Crippen MR) is 66.8 cm³/mol. The van der Waals surface area contributed by atoms with Crippen molar-refractivity contribution >= 4 is 27.5 Å². The van der Waals surface area contributed by atoms with Crippen LogP contribution in [0.2, 0.25) is 0 Å². The molecule has 1 aromatic rings. The fourth-order valence-corrected chi connectivity index (χ4v) is 3.08. The molecule has 0 aromatic carbocycles. The largest absolute Gasteiger partial charge is 0.444 e. The maximum Gasteiger partial charge on any atom is 0.307 e. The second-order valence-corrected chi connectivity index (χ2v) is 5.51. The number of hydrogen-bond acceptors (Lipinski definition) is 3. The van der Waals surface area contributed by atoms with E-state index < -0.39 is 0 Å². The SMILES string of the molecule is O=C(N/N=C1\C[C@H]2CC[C@@H]1C2)c1ccc(Br)o1. The molecule has 1 heterocycles. The van der Waals surface area contributed by atoms with Gasteiger partial charge in [-0.15, -0.1) is 0 Å². The molecule has 1 N–H and O–H groups in total. The Morgan fingerprint density at radius 3 is 2.94 bits per heavy atom. The molecule has 2 aliphatic carbocycles. The summed E-state index contributed by atoms with van der Waals surface area (Å²) in [5, 5.41) is 4.23. The summed E-state index contributed by atoms with van der Waals surface area (Å²) in [4.78, 5) is 11.7. The van der Waals surface area contributed by atoms with Crippen molar-refractivity contribution in [2.45, 2.75) is 25.7 Å². The van der Waals surface area contributed by atoms with Crippen LogP contribution in [0.5, 0.6) is 0 Å². The summed E-state index contributed by atoms with van der Waals surface area (Å²) in [6, 6.07) is 3.32. The minimum Gasteiger partial charge on any atom is -0.444 e. The molecule has 1 amide bonds. The number of halogens is 1. The lowest BCUT2D eigenvalue weighted by Gasteiger charge is -2.11. The highest BCUT2D eigenvalue weighted by Crippen LogP contribution is 2.42. The molecule has 5 heteroatoms. The van der Waals surface area contributed by atoms with E-state index in [1.807, 2.05) is 0 Å². The zero-order chi connectivity index (χ0) is 11.8. The number of carbonyl (C=O) groups excluding carboxylic acids is 1. The molecule has 4 nitrogen and oxygen atoms in total. The molecule has 0 radical (unpaired) electrons. The molecule has 2 fully saturated rings. The van der Waals surface area contributed by atoms with Gasteiger partial charge in [-0.3, -0.25) is 4.79 Å². The molecule has 2 bridgehead atoms. The van der Waals surface area contributed by atoms with Crippen LogP contribution in [0.25, 0.3) is 0 Å². The van der Waals surface area contributed by atoms with Gasteiger partial charge in [0.2, 0.25) is 0 Å². The van der Waals surface area contributed by atoms with E-state index in [4.69, 9.17) is 4.42 Å².